The molecule has 2 aromatic rings. The molecule has 0 bridgehead atoms. The highest BCUT2D eigenvalue weighted by Gasteiger charge is 2.27. The van der Waals surface area contributed by atoms with Crippen LogP contribution in [-0.2, 0) is 17.6 Å². The fourth-order valence-electron chi connectivity index (χ4n) is 4.22. The van der Waals surface area contributed by atoms with Crippen molar-refractivity contribution >= 4 is 24.0 Å². The van der Waals surface area contributed by atoms with Crippen molar-refractivity contribution in [2.24, 2.45) is 0 Å². The van der Waals surface area contributed by atoms with Crippen molar-refractivity contribution in [3.8, 4) is 5.75 Å². The molecular formula is C22H28ClN3O2. The predicted octanol–water partition coefficient (Wildman–Crippen LogP) is 3.19. The van der Waals surface area contributed by atoms with Crippen molar-refractivity contribution in [2.75, 3.05) is 38.6 Å². The summed E-state index contributed by atoms with van der Waals surface area (Å²) in [5.41, 5.74) is 4.83. The third kappa shape index (κ3) is 4.49. The molecule has 0 radical (unpaired) electrons. The van der Waals surface area contributed by atoms with E-state index >= 15 is 0 Å². The lowest BCUT2D eigenvalue weighted by atomic mass is 10.0. The molecule has 1 aliphatic carbocycles. The quantitative estimate of drug-likeness (QED) is 0.807. The number of aryl methyl sites for hydroxylation is 2. The Morgan fingerprint density at radius 3 is 2.89 bits per heavy atom. The second-order valence-electron chi connectivity index (χ2n) is 7.32. The van der Waals surface area contributed by atoms with E-state index in [0.717, 1.165) is 49.5 Å². The van der Waals surface area contributed by atoms with Gasteiger partial charge in [-0.15, -0.1) is 12.4 Å². The number of hydrogen-bond acceptors (Lipinski definition) is 4. The van der Waals surface area contributed by atoms with Crippen LogP contribution in [0.2, 0.25) is 0 Å². The van der Waals surface area contributed by atoms with Gasteiger partial charge in [-0.2, -0.15) is 0 Å². The van der Waals surface area contributed by atoms with Crippen molar-refractivity contribution in [3.63, 3.8) is 0 Å². The van der Waals surface area contributed by atoms with Crippen LogP contribution in [0.25, 0.3) is 0 Å². The number of rotatable bonds is 5. The van der Waals surface area contributed by atoms with E-state index < -0.39 is 0 Å². The Morgan fingerprint density at radius 2 is 2.04 bits per heavy atom. The minimum atomic E-state index is 0. The molecule has 2 aliphatic rings. The highest BCUT2D eigenvalue weighted by atomic mass is 35.5. The van der Waals surface area contributed by atoms with Crippen LogP contribution in [-0.4, -0.2) is 44.1 Å². The van der Waals surface area contributed by atoms with E-state index in [2.05, 4.69) is 33.7 Å². The number of para-hydroxylation sites is 1. The van der Waals surface area contributed by atoms with Gasteiger partial charge in [0.1, 0.15) is 5.75 Å². The number of ether oxygens (including phenoxy) is 1. The SMILES string of the molecule is COc1ccccc1C1CNCCN1CC(=O)Nc1ccc2c(c1)CCC2.Cl. The predicted molar refractivity (Wildman–Crippen MR) is 115 cm³/mol. The minimum absolute atomic E-state index is 0. The Kier molecular flexibility index (Phi) is 6.94. The van der Waals surface area contributed by atoms with Crippen LogP contribution in [0.5, 0.6) is 5.75 Å². The van der Waals surface area contributed by atoms with E-state index in [-0.39, 0.29) is 24.4 Å². The van der Waals surface area contributed by atoms with E-state index in [1.165, 1.54) is 17.5 Å². The zero-order valence-corrected chi connectivity index (χ0v) is 17.1. The fraction of sp³-hybridized carbons (Fsp3) is 0.409. The van der Waals surface area contributed by atoms with Crippen molar-refractivity contribution in [3.05, 3.63) is 59.2 Å². The number of nitrogens with zero attached hydrogens (tertiary/aromatic N) is 1. The van der Waals surface area contributed by atoms with Crippen LogP contribution in [0.3, 0.4) is 0 Å². The Bertz CT molecular complexity index is 827. The van der Waals surface area contributed by atoms with Gasteiger partial charge in [-0.25, -0.2) is 0 Å². The lowest BCUT2D eigenvalue weighted by Crippen LogP contribution is -2.48. The summed E-state index contributed by atoms with van der Waals surface area (Å²) in [4.78, 5) is 14.9. The molecule has 4 rings (SSSR count). The average Bonchev–Trinajstić information content (AvgIpc) is 3.16. The number of carbonyl (C=O) groups is 1. The molecule has 1 unspecified atom stereocenters. The number of nitrogens with one attached hydrogen (secondary N) is 2. The van der Waals surface area contributed by atoms with Crippen LogP contribution < -0.4 is 15.4 Å². The van der Waals surface area contributed by atoms with E-state index in [0.29, 0.717) is 6.54 Å². The number of halogens is 1. The third-order valence-electron chi connectivity index (χ3n) is 5.58. The normalized spacial score (nSPS) is 18.8. The summed E-state index contributed by atoms with van der Waals surface area (Å²) in [5.74, 6) is 0.907. The molecule has 1 amide bonds. The summed E-state index contributed by atoms with van der Waals surface area (Å²) >= 11 is 0. The summed E-state index contributed by atoms with van der Waals surface area (Å²) in [6, 6.07) is 14.5. The van der Waals surface area contributed by atoms with Gasteiger partial charge >= 0.3 is 0 Å². The number of amides is 1. The first kappa shape index (κ1) is 20.6. The van der Waals surface area contributed by atoms with Crippen molar-refractivity contribution in [2.45, 2.75) is 25.3 Å². The second-order valence-corrected chi connectivity index (χ2v) is 7.32. The largest absolute Gasteiger partial charge is 0.496 e. The summed E-state index contributed by atoms with van der Waals surface area (Å²) in [6.07, 6.45) is 3.49. The molecule has 1 fully saturated rings. The summed E-state index contributed by atoms with van der Waals surface area (Å²) < 4.78 is 5.54. The monoisotopic (exact) mass is 401 g/mol. The zero-order chi connectivity index (χ0) is 18.6. The summed E-state index contributed by atoms with van der Waals surface area (Å²) in [7, 11) is 1.69. The third-order valence-corrected chi connectivity index (χ3v) is 5.58. The van der Waals surface area contributed by atoms with Crippen molar-refractivity contribution in [1.82, 2.24) is 10.2 Å². The fourth-order valence-corrected chi connectivity index (χ4v) is 4.22. The van der Waals surface area contributed by atoms with E-state index in [9.17, 15) is 4.79 Å². The standard InChI is InChI=1S/C22H27N3O2.ClH/c1-27-21-8-3-2-7-19(21)20-14-23-11-12-25(20)15-22(26)24-18-10-9-16-5-4-6-17(16)13-18;/h2-3,7-10,13,20,23H,4-6,11-12,14-15H2,1H3,(H,24,26);1H. The van der Waals surface area contributed by atoms with Crippen LogP contribution in [0.1, 0.15) is 29.2 Å². The van der Waals surface area contributed by atoms with Gasteiger partial charge in [0.25, 0.3) is 0 Å². The molecule has 28 heavy (non-hydrogen) atoms. The Balaban J connectivity index is 0.00000225. The number of piperazine rings is 1. The Morgan fingerprint density at radius 1 is 1.21 bits per heavy atom. The zero-order valence-electron chi connectivity index (χ0n) is 16.2. The number of hydrogen-bond donors (Lipinski definition) is 2. The van der Waals surface area contributed by atoms with Gasteiger partial charge in [0.15, 0.2) is 0 Å². The summed E-state index contributed by atoms with van der Waals surface area (Å²) in [6.45, 7) is 2.91. The smallest absolute Gasteiger partial charge is 0.238 e. The maximum atomic E-state index is 12.7. The number of benzene rings is 2. The van der Waals surface area contributed by atoms with E-state index in [1.807, 2.05) is 24.3 Å². The molecule has 1 saturated heterocycles. The van der Waals surface area contributed by atoms with Crippen LogP contribution in [0.15, 0.2) is 42.5 Å². The number of carbonyl (C=O) groups excluding carboxylic acids is 1. The number of anilines is 1. The lowest BCUT2D eigenvalue weighted by Gasteiger charge is -2.36. The highest BCUT2D eigenvalue weighted by Crippen LogP contribution is 2.30. The first-order chi connectivity index (χ1) is 13.2. The number of fused-ring (bicyclic) bond motifs is 1. The van der Waals surface area contributed by atoms with Crippen LogP contribution in [0.4, 0.5) is 5.69 Å². The highest BCUT2D eigenvalue weighted by molar-refractivity contribution is 5.92. The molecule has 2 N–H and O–H groups in total. The van der Waals surface area contributed by atoms with Crippen LogP contribution >= 0.6 is 12.4 Å². The van der Waals surface area contributed by atoms with E-state index in [4.69, 9.17) is 4.74 Å². The second kappa shape index (κ2) is 9.41. The molecule has 1 atom stereocenters. The molecule has 0 spiro atoms. The van der Waals surface area contributed by atoms with Crippen molar-refractivity contribution in [1.29, 1.82) is 0 Å². The molecule has 6 heteroatoms. The van der Waals surface area contributed by atoms with Crippen molar-refractivity contribution < 1.29 is 9.53 Å². The van der Waals surface area contributed by atoms with Gasteiger partial charge in [0.05, 0.1) is 19.7 Å². The lowest BCUT2D eigenvalue weighted by molar-refractivity contribution is -0.118. The van der Waals surface area contributed by atoms with E-state index in [1.54, 1.807) is 7.11 Å². The first-order valence-corrected chi connectivity index (χ1v) is 9.74. The van der Waals surface area contributed by atoms with Gasteiger partial charge in [0, 0.05) is 30.9 Å². The van der Waals surface area contributed by atoms with Gasteiger partial charge in [-0.1, -0.05) is 24.3 Å². The molecule has 5 nitrogen and oxygen atoms in total. The van der Waals surface area contributed by atoms with Gasteiger partial charge in [-0.3, -0.25) is 9.69 Å². The molecule has 2 aromatic carbocycles. The van der Waals surface area contributed by atoms with Gasteiger partial charge < -0.3 is 15.4 Å². The maximum absolute atomic E-state index is 12.7. The van der Waals surface area contributed by atoms with Gasteiger partial charge in [0.2, 0.25) is 5.91 Å². The first-order valence-electron chi connectivity index (χ1n) is 9.74. The van der Waals surface area contributed by atoms with Gasteiger partial charge in [-0.05, 0) is 48.6 Å². The molecule has 1 heterocycles. The maximum Gasteiger partial charge on any atom is 0.238 e. The average molecular weight is 402 g/mol. The molecule has 0 saturated carbocycles. The minimum Gasteiger partial charge on any atom is -0.496 e. The Labute approximate surface area is 172 Å². The number of methoxy groups -OCH3 is 1. The molecule has 150 valence electrons. The topological polar surface area (TPSA) is 53.6 Å². The molecule has 0 aromatic heterocycles. The summed E-state index contributed by atoms with van der Waals surface area (Å²) in [5, 5.41) is 6.52. The molecular weight excluding hydrogens is 374 g/mol. The molecule has 1 aliphatic heterocycles. The Hall–Kier alpha value is -2.08. The van der Waals surface area contributed by atoms with Crippen LogP contribution in [0, 0.1) is 0 Å².